The number of benzene rings is 2. The SMILES string of the molecule is Cc1ccc(S(=O)(=O)N2CCN(C(=O)c3cc(C)ccc3C)CC2)cc1. The lowest BCUT2D eigenvalue weighted by molar-refractivity contribution is 0.0697. The summed E-state index contributed by atoms with van der Waals surface area (Å²) >= 11 is 0. The average molecular weight is 372 g/mol. The van der Waals surface area contributed by atoms with Crippen molar-refractivity contribution in [3.63, 3.8) is 0 Å². The van der Waals surface area contributed by atoms with Crippen molar-refractivity contribution in [2.24, 2.45) is 0 Å². The summed E-state index contributed by atoms with van der Waals surface area (Å²) in [7, 11) is -3.51. The van der Waals surface area contributed by atoms with E-state index < -0.39 is 10.0 Å². The summed E-state index contributed by atoms with van der Waals surface area (Å²) < 4.78 is 27.0. The van der Waals surface area contributed by atoms with Gasteiger partial charge in [0, 0.05) is 31.7 Å². The fourth-order valence-corrected chi connectivity index (χ4v) is 4.55. The molecule has 0 N–H and O–H groups in total. The van der Waals surface area contributed by atoms with Gasteiger partial charge in [-0.3, -0.25) is 4.79 Å². The molecule has 1 fully saturated rings. The molecule has 6 heteroatoms. The topological polar surface area (TPSA) is 57.7 Å². The standard InChI is InChI=1S/C20H24N2O3S/c1-15-5-8-18(9-6-15)26(24,25)22-12-10-21(11-13-22)20(23)19-14-16(2)4-7-17(19)3/h4-9,14H,10-13H2,1-3H3. The van der Waals surface area contributed by atoms with Gasteiger partial charge in [0.05, 0.1) is 4.90 Å². The van der Waals surface area contributed by atoms with E-state index in [1.165, 1.54) is 4.31 Å². The van der Waals surface area contributed by atoms with E-state index >= 15 is 0 Å². The van der Waals surface area contributed by atoms with E-state index in [-0.39, 0.29) is 5.91 Å². The van der Waals surface area contributed by atoms with E-state index in [0.29, 0.717) is 36.6 Å². The van der Waals surface area contributed by atoms with Gasteiger partial charge in [-0.25, -0.2) is 8.42 Å². The first-order valence-corrected chi connectivity index (χ1v) is 10.2. The van der Waals surface area contributed by atoms with Gasteiger partial charge >= 0.3 is 0 Å². The molecule has 1 aliphatic heterocycles. The van der Waals surface area contributed by atoms with E-state index in [0.717, 1.165) is 16.7 Å². The van der Waals surface area contributed by atoms with Gasteiger partial charge in [0.25, 0.3) is 5.91 Å². The second-order valence-electron chi connectivity index (χ2n) is 6.83. The Bertz CT molecular complexity index is 913. The van der Waals surface area contributed by atoms with Crippen LogP contribution in [0, 0.1) is 20.8 Å². The number of piperazine rings is 1. The molecule has 2 aromatic carbocycles. The number of carbonyl (C=O) groups is 1. The first kappa shape index (κ1) is 18.6. The number of amides is 1. The molecule has 1 aliphatic rings. The number of rotatable bonds is 3. The quantitative estimate of drug-likeness (QED) is 0.832. The number of nitrogens with zero attached hydrogens (tertiary/aromatic N) is 2. The summed E-state index contributed by atoms with van der Waals surface area (Å²) in [6.07, 6.45) is 0. The fraction of sp³-hybridized carbons (Fsp3) is 0.350. The molecule has 0 aromatic heterocycles. The predicted octanol–water partition coefficient (Wildman–Crippen LogP) is 2.76. The Morgan fingerprint density at radius 1 is 0.846 bits per heavy atom. The monoisotopic (exact) mass is 372 g/mol. The maximum atomic E-state index is 12.8. The number of hydrogen-bond acceptors (Lipinski definition) is 3. The van der Waals surface area contributed by atoms with E-state index in [1.54, 1.807) is 29.2 Å². The van der Waals surface area contributed by atoms with Gasteiger partial charge in [-0.2, -0.15) is 4.31 Å². The number of hydrogen-bond donors (Lipinski definition) is 0. The zero-order chi connectivity index (χ0) is 18.9. The lowest BCUT2D eigenvalue weighted by Crippen LogP contribution is -2.50. The molecule has 0 spiro atoms. The van der Waals surface area contributed by atoms with Crippen molar-refractivity contribution in [2.45, 2.75) is 25.7 Å². The first-order valence-electron chi connectivity index (χ1n) is 8.72. The molecule has 0 atom stereocenters. The van der Waals surface area contributed by atoms with Crippen molar-refractivity contribution in [3.8, 4) is 0 Å². The van der Waals surface area contributed by atoms with Crippen LogP contribution in [0.2, 0.25) is 0 Å². The summed E-state index contributed by atoms with van der Waals surface area (Å²) in [6, 6.07) is 12.7. The Kier molecular flexibility index (Phi) is 5.16. The highest BCUT2D eigenvalue weighted by molar-refractivity contribution is 7.89. The molecule has 0 aliphatic carbocycles. The minimum absolute atomic E-state index is 0.0291. The lowest BCUT2D eigenvalue weighted by atomic mass is 10.0. The summed E-state index contributed by atoms with van der Waals surface area (Å²) in [5.74, 6) is -0.0291. The van der Waals surface area contributed by atoms with E-state index in [1.807, 2.05) is 39.0 Å². The fourth-order valence-electron chi connectivity index (χ4n) is 3.13. The molecule has 1 amide bonds. The lowest BCUT2D eigenvalue weighted by Gasteiger charge is -2.34. The van der Waals surface area contributed by atoms with Crippen LogP contribution in [-0.4, -0.2) is 49.7 Å². The molecular formula is C20H24N2O3S. The second kappa shape index (κ2) is 7.21. The highest BCUT2D eigenvalue weighted by Gasteiger charge is 2.30. The first-order chi connectivity index (χ1) is 12.3. The normalized spacial score (nSPS) is 15.9. The Hall–Kier alpha value is -2.18. The van der Waals surface area contributed by atoms with Gasteiger partial charge in [-0.15, -0.1) is 0 Å². The summed E-state index contributed by atoms with van der Waals surface area (Å²) in [6.45, 7) is 7.23. The van der Waals surface area contributed by atoms with Crippen molar-refractivity contribution in [2.75, 3.05) is 26.2 Å². The van der Waals surface area contributed by atoms with Gasteiger partial charge in [0.1, 0.15) is 0 Å². The average Bonchev–Trinajstić information content (AvgIpc) is 2.63. The van der Waals surface area contributed by atoms with Gasteiger partial charge < -0.3 is 4.90 Å². The smallest absolute Gasteiger partial charge is 0.254 e. The van der Waals surface area contributed by atoms with Gasteiger partial charge in [-0.1, -0.05) is 35.4 Å². The van der Waals surface area contributed by atoms with Crippen molar-refractivity contribution in [1.29, 1.82) is 0 Å². The molecule has 5 nitrogen and oxygen atoms in total. The van der Waals surface area contributed by atoms with Gasteiger partial charge in [-0.05, 0) is 44.5 Å². The van der Waals surface area contributed by atoms with Crippen LogP contribution >= 0.6 is 0 Å². The highest BCUT2D eigenvalue weighted by Crippen LogP contribution is 2.20. The van der Waals surface area contributed by atoms with Crippen molar-refractivity contribution < 1.29 is 13.2 Å². The van der Waals surface area contributed by atoms with Crippen LogP contribution in [0.1, 0.15) is 27.0 Å². The summed E-state index contributed by atoms with van der Waals surface area (Å²) in [5, 5.41) is 0. The van der Waals surface area contributed by atoms with E-state index in [9.17, 15) is 13.2 Å². The molecule has 3 rings (SSSR count). The van der Waals surface area contributed by atoms with Crippen LogP contribution in [0.4, 0.5) is 0 Å². The minimum Gasteiger partial charge on any atom is -0.336 e. The molecule has 1 saturated heterocycles. The Morgan fingerprint density at radius 2 is 1.42 bits per heavy atom. The van der Waals surface area contributed by atoms with Crippen LogP contribution < -0.4 is 0 Å². The van der Waals surface area contributed by atoms with Crippen molar-refractivity contribution in [1.82, 2.24) is 9.21 Å². The van der Waals surface area contributed by atoms with Crippen LogP contribution in [0.3, 0.4) is 0 Å². The second-order valence-corrected chi connectivity index (χ2v) is 8.77. The molecule has 0 unspecified atom stereocenters. The third-order valence-corrected chi connectivity index (χ3v) is 6.72. The molecule has 1 heterocycles. The van der Waals surface area contributed by atoms with Crippen LogP contribution in [0.5, 0.6) is 0 Å². The zero-order valence-corrected chi connectivity index (χ0v) is 16.2. The number of carbonyl (C=O) groups excluding carboxylic acids is 1. The molecule has 0 bridgehead atoms. The van der Waals surface area contributed by atoms with Crippen LogP contribution in [0.15, 0.2) is 47.4 Å². The van der Waals surface area contributed by atoms with Gasteiger partial charge in [0.15, 0.2) is 0 Å². The van der Waals surface area contributed by atoms with Crippen molar-refractivity contribution in [3.05, 3.63) is 64.7 Å². The zero-order valence-electron chi connectivity index (χ0n) is 15.4. The Labute approximate surface area is 155 Å². The number of aryl methyl sites for hydroxylation is 3. The molecule has 0 saturated carbocycles. The maximum absolute atomic E-state index is 12.8. The third-order valence-electron chi connectivity index (χ3n) is 4.81. The van der Waals surface area contributed by atoms with Gasteiger partial charge in [0.2, 0.25) is 10.0 Å². The summed E-state index contributed by atoms with van der Waals surface area (Å²) in [5.41, 5.74) is 3.70. The van der Waals surface area contributed by atoms with Crippen LogP contribution in [0.25, 0.3) is 0 Å². The molecule has 0 radical (unpaired) electrons. The largest absolute Gasteiger partial charge is 0.336 e. The summed E-state index contributed by atoms with van der Waals surface area (Å²) in [4.78, 5) is 14.8. The Balaban J connectivity index is 1.71. The Morgan fingerprint density at radius 3 is 2.04 bits per heavy atom. The molecular weight excluding hydrogens is 348 g/mol. The highest BCUT2D eigenvalue weighted by atomic mass is 32.2. The van der Waals surface area contributed by atoms with E-state index in [4.69, 9.17) is 0 Å². The van der Waals surface area contributed by atoms with E-state index in [2.05, 4.69) is 0 Å². The number of sulfonamides is 1. The molecule has 2 aromatic rings. The van der Waals surface area contributed by atoms with Crippen molar-refractivity contribution >= 4 is 15.9 Å². The third kappa shape index (κ3) is 3.66. The molecule has 138 valence electrons. The predicted molar refractivity (Wildman–Crippen MR) is 102 cm³/mol. The van der Waals surface area contributed by atoms with Crippen LogP contribution in [-0.2, 0) is 10.0 Å². The maximum Gasteiger partial charge on any atom is 0.254 e. The minimum atomic E-state index is -3.51. The molecule has 26 heavy (non-hydrogen) atoms.